The van der Waals surface area contributed by atoms with Crippen molar-refractivity contribution in [2.75, 3.05) is 51.3 Å². The predicted octanol–water partition coefficient (Wildman–Crippen LogP) is 3.66. The van der Waals surface area contributed by atoms with Gasteiger partial charge in [-0.1, -0.05) is 6.92 Å². The van der Waals surface area contributed by atoms with Gasteiger partial charge in [0.05, 0.1) is 23.7 Å². The van der Waals surface area contributed by atoms with E-state index in [1.165, 1.54) is 27.8 Å². The lowest BCUT2D eigenvalue weighted by Crippen LogP contribution is -2.41. The molecule has 0 unspecified atom stereocenters. The minimum Gasteiger partial charge on any atom is -0.378 e. The number of carbonyl (C=O) groups is 2. The molecular formula is C28H38N4O5S2. The van der Waals surface area contributed by atoms with Crippen LogP contribution in [-0.4, -0.2) is 86.3 Å². The Morgan fingerprint density at radius 3 is 2.33 bits per heavy atom. The molecule has 212 valence electrons. The summed E-state index contributed by atoms with van der Waals surface area (Å²) in [5.74, 6) is 0.0985. The molecule has 3 aliphatic heterocycles. The van der Waals surface area contributed by atoms with Crippen LogP contribution in [0, 0.1) is 5.92 Å². The molecule has 0 saturated carbocycles. The highest BCUT2D eigenvalue weighted by atomic mass is 32.2. The zero-order valence-electron chi connectivity index (χ0n) is 22.9. The zero-order chi connectivity index (χ0) is 27.7. The minimum atomic E-state index is -3.59. The van der Waals surface area contributed by atoms with Gasteiger partial charge in [-0.25, -0.2) is 8.42 Å². The Balaban J connectivity index is 1.37. The van der Waals surface area contributed by atoms with Gasteiger partial charge in [0, 0.05) is 55.8 Å². The van der Waals surface area contributed by atoms with Crippen LogP contribution in [0.3, 0.4) is 0 Å². The van der Waals surface area contributed by atoms with Crippen molar-refractivity contribution < 1.29 is 22.7 Å². The van der Waals surface area contributed by atoms with Crippen molar-refractivity contribution in [1.29, 1.82) is 0 Å². The molecule has 4 heterocycles. The number of hydrogen-bond donors (Lipinski definition) is 1. The number of thiophene rings is 1. The van der Waals surface area contributed by atoms with E-state index in [-0.39, 0.29) is 16.7 Å². The quantitative estimate of drug-likeness (QED) is 0.566. The second kappa shape index (κ2) is 11.7. The molecule has 2 amide bonds. The number of piperidine rings is 1. The molecule has 2 aromatic rings. The van der Waals surface area contributed by atoms with Gasteiger partial charge in [-0.3, -0.25) is 14.5 Å². The molecule has 1 aromatic heterocycles. The maximum Gasteiger partial charge on any atom is 0.257 e. The van der Waals surface area contributed by atoms with Crippen LogP contribution in [0.4, 0.5) is 5.00 Å². The largest absolute Gasteiger partial charge is 0.378 e. The molecule has 11 heteroatoms. The Kier molecular flexibility index (Phi) is 8.44. The number of sulfonamides is 1. The second-order valence-corrected chi connectivity index (χ2v) is 14.0. The smallest absolute Gasteiger partial charge is 0.257 e. The Labute approximate surface area is 235 Å². The van der Waals surface area contributed by atoms with Crippen LogP contribution < -0.4 is 5.32 Å². The molecule has 0 atom stereocenters. The van der Waals surface area contributed by atoms with Crippen molar-refractivity contribution in [3.8, 4) is 0 Å². The van der Waals surface area contributed by atoms with Gasteiger partial charge in [0.25, 0.3) is 11.8 Å². The molecular weight excluding hydrogens is 536 g/mol. The summed E-state index contributed by atoms with van der Waals surface area (Å²) >= 11 is 1.47. The molecule has 39 heavy (non-hydrogen) atoms. The van der Waals surface area contributed by atoms with Crippen LogP contribution in [0.25, 0.3) is 0 Å². The fourth-order valence-electron chi connectivity index (χ4n) is 5.43. The van der Waals surface area contributed by atoms with Gasteiger partial charge < -0.3 is 15.0 Å². The van der Waals surface area contributed by atoms with Gasteiger partial charge in [0.15, 0.2) is 0 Å². The predicted molar refractivity (Wildman–Crippen MR) is 152 cm³/mol. The van der Waals surface area contributed by atoms with Crippen molar-refractivity contribution in [2.45, 2.75) is 57.5 Å². The molecule has 3 aliphatic rings. The number of amides is 2. The lowest BCUT2D eigenvalue weighted by atomic mass is 10.0. The Hall–Kier alpha value is -2.31. The molecule has 9 nitrogen and oxygen atoms in total. The fraction of sp³-hybridized carbons (Fsp3) is 0.571. The molecule has 1 aromatic carbocycles. The number of rotatable bonds is 6. The van der Waals surface area contributed by atoms with E-state index in [4.69, 9.17) is 4.74 Å². The van der Waals surface area contributed by atoms with Crippen LogP contribution in [0.2, 0.25) is 0 Å². The van der Waals surface area contributed by atoms with Crippen molar-refractivity contribution in [3.63, 3.8) is 0 Å². The summed E-state index contributed by atoms with van der Waals surface area (Å²) in [5.41, 5.74) is 1.97. The summed E-state index contributed by atoms with van der Waals surface area (Å²) < 4.78 is 33.2. The molecule has 1 N–H and O–H groups in total. The number of hydrogen-bond acceptors (Lipinski definition) is 7. The first kappa shape index (κ1) is 28.2. The van der Waals surface area contributed by atoms with Gasteiger partial charge in [0.2, 0.25) is 10.0 Å². The number of fused-ring (bicyclic) bond motifs is 1. The number of anilines is 1. The van der Waals surface area contributed by atoms with E-state index < -0.39 is 10.0 Å². The van der Waals surface area contributed by atoms with Crippen molar-refractivity contribution in [3.05, 3.63) is 45.8 Å². The topological polar surface area (TPSA) is 99.3 Å². The van der Waals surface area contributed by atoms with E-state index in [2.05, 4.69) is 31.0 Å². The Morgan fingerprint density at radius 1 is 1.03 bits per heavy atom. The van der Waals surface area contributed by atoms with Crippen molar-refractivity contribution >= 4 is 38.2 Å². The summed E-state index contributed by atoms with van der Waals surface area (Å²) in [4.78, 5) is 32.5. The van der Waals surface area contributed by atoms with Crippen LogP contribution in [0.15, 0.2) is 29.2 Å². The number of morpholine rings is 1. The Morgan fingerprint density at radius 2 is 1.69 bits per heavy atom. The summed E-state index contributed by atoms with van der Waals surface area (Å²) in [5, 5.41) is 3.56. The monoisotopic (exact) mass is 574 g/mol. The highest BCUT2D eigenvalue weighted by molar-refractivity contribution is 7.89. The summed E-state index contributed by atoms with van der Waals surface area (Å²) in [7, 11) is -3.59. The highest BCUT2D eigenvalue weighted by Gasteiger charge is 2.33. The van der Waals surface area contributed by atoms with Gasteiger partial charge >= 0.3 is 0 Å². The number of benzene rings is 1. The van der Waals surface area contributed by atoms with E-state index in [9.17, 15) is 18.0 Å². The van der Waals surface area contributed by atoms with Crippen LogP contribution >= 0.6 is 11.3 Å². The first-order valence-electron chi connectivity index (χ1n) is 13.8. The number of ether oxygens (including phenoxy) is 1. The average molecular weight is 575 g/mol. The van der Waals surface area contributed by atoms with E-state index in [1.54, 1.807) is 17.0 Å². The molecule has 0 bridgehead atoms. The van der Waals surface area contributed by atoms with Gasteiger partial charge in [-0.2, -0.15) is 4.31 Å². The van der Waals surface area contributed by atoms with E-state index >= 15 is 0 Å². The third-order valence-electron chi connectivity index (χ3n) is 8.05. The van der Waals surface area contributed by atoms with Gasteiger partial charge in [-0.05, 0) is 68.9 Å². The van der Waals surface area contributed by atoms with Crippen LogP contribution in [0.1, 0.15) is 64.8 Å². The normalized spacial score (nSPS) is 19.7. The maximum absolute atomic E-state index is 13.7. The molecule has 0 radical (unpaired) electrons. The average Bonchev–Trinajstić information content (AvgIpc) is 3.30. The highest BCUT2D eigenvalue weighted by Crippen LogP contribution is 2.39. The first-order chi connectivity index (χ1) is 18.6. The number of carbonyl (C=O) groups excluding carboxylic acids is 2. The van der Waals surface area contributed by atoms with Crippen LogP contribution in [-0.2, 0) is 27.7 Å². The van der Waals surface area contributed by atoms with E-state index in [0.717, 1.165) is 42.8 Å². The van der Waals surface area contributed by atoms with Gasteiger partial charge in [-0.15, -0.1) is 11.3 Å². The minimum absolute atomic E-state index is 0.0682. The Bertz CT molecular complexity index is 1310. The fourth-order valence-corrected chi connectivity index (χ4v) is 8.16. The molecule has 0 aliphatic carbocycles. The lowest BCUT2D eigenvalue weighted by Gasteiger charge is -2.31. The standard InChI is InChI=1S/C28H38N4O5S2/c1-19(2)31-11-10-23-24(18-31)38-27(25(23)28(34)30-14-16-37-17-15-30)29-26(33)21-4-6-22(7-5-21)39(35,36)32-12-8-20(3)9-13-32/h4-7,19-20H,8-18H2,1-3H3,(H,29,33). The summed E-state index contributed by atoms with van der Waals surface area (Å²) in [6, 6.07) is 6.49. The second-order valence-electron chi connectivity index (χ2n) is 11.0. The third-order valence-corrected chi connectivity index (χ3v) is 11.1. The van der Waals surface area contributed by atoms with Crippen LogP contribution in [0.5, 0.6) is 0 Å². The van der Waals surface area contributed by atoms with E-state index in [1.807, 2.05) is 0 Å². The number of nitrogens with zero attached hydrogens (tertiary/aromatic N) is 3. The SMILES string of the molecule is CC1CCN(S(=O)(=O)c2ccc(C(=O)Nc3sc4c(c3C(=O)N3CCOCC3)CCN(C(C)C)C4)cc2)CC1. The maximum atomic E-state index is 13.7. The molecule has 2 saturated heterocycles. The number of nitrogens with one attached hydrogen (secondary N) is 1. The third kappa shape index (κ3) is 5.92. The van der Waals surface area contributed by atoms with Gasteiger partial charge in [0.1, 0.15) is 5.00 Å². The van der Waals surface area contributed by atoms with Crippen molar-refractivity contribution in [2.24, 2.45) is 5.92 Å². The molecule has 0 spiro atoms. The van der Waals surface area contributed by atoms with Crippen molar-refractivity contribution in [1.82, 2.24) is 14.1 Å². The molecule has 5 rings (SSSR count). The summed E-state index contributed by atoms with van der Waals surface area (Å²) in [6.45, 7) is 11.2. The molecule has 2 fully saturated rings. The van der Waals surface area contributed by atoms with E-state index in [0.29, 0.717) is 67.5 Å². The zero-order valence-corrected chi connectivity index (χ0v) is 24.6. The summed E-state index contributed by atoms with van der Waals surface area (Å²) in [6.07, 6.45) is 2.46. The first-order valence-corrected chi connectivity index (χ1v) is 16.1. The lowest BCUT2D eigenvalue weighted by molar-refractivity contribution is 0.0302.